The summed E-state index contributed by atoms with van der Waals surface area (Å²) in [6, 6.07) is 26.7. The first-order chi connectivity index (χ1) is 16.6. The fraction of sp³-hybridized carbons (Fsp3) is 0.0741. The highest BCUT2D eigenvalue weighted by Crippen LogP contribution is 2.46. The first-order valence-electron chi connectivity index (χ1n) is 10.6. The summed E-state index contributed by atoms with van der Waals surface area (Å²) in [5.41, 5.74) is 3.28. The first kappa shape index (κ1) is 23.1. The maximum absolute atomic E-state index is 13.3. The van der Waals surface area contributed by atoms with E-state index in [9.17, 15) is 9.59 Å². The lowest BCUT2D eigenvalue weighted by molar-refractivity contribution is 0.101. The number of nitrogens with zero attached hydrogens (tertiary/aromatic N) is 1. The van der Waals surface area contributed by atoms with Crippen molar-refractivity contribution in [3.8, 4) is 0 Å². The van der Waals surface area contributed by atoms with E-state index >= 15 is 0 Å². The van der Waals surface area contributed by atoms with Gasteiger partial charge in [0.25, 0.3) is 0 Å². The lowest BCUT2D eigenvalue weighted by atomic mass is 10.1. The lowest BCUT2D eigenvalue weighted by Gasteiger charge is -2.04. The number of para-hydroxylation sites is 1. The molecular formula is C27H19NO2S4. The van der Waals surface area contributed by atoms with Crippen LogP contribution in [0.15, 0.2) is 98.4 Å². The van der Waals surface area contributed by atoms with Gasteiger partial charge in [0.05, 0.1) is 25.1 Å². The van der Waals surface area contributed by atoms with Crippen molar-refractivity contribution in [2.24, 2.45) is 0 Å². The zero-order valence-electron chi connectivity index (χ0n) is 18.2. The molecule has 0 aliphatic heterocycles. The molecular weight excluding hydrogens is 499 g/mol. The van der Waals surface area contributed by atoms with Crippen LogP contribution in [-0.4, -0.2) is 22.3 Å². The average Bonchev–Trinajstić information content (AvgIpc) is 3.44. The average molecular weight is 518 g/mol. The number of thiazole rings is 1. The smallest absolute Gasteiger partial charge is 0.203 e. The third-order valence-electron chi connectivity index (χ3n) is 5.20. The predicted octanol–water partition coefficient (Wildman–Crippen LogP) is 8.02. The highest BCUT2D eigenvalue weighted by Gasteiger charge is 2.24. The topological polar surface area (TPSA) is 47.0 Å². The van der Waals surface area contributed by atoms with Gasteiger partial charge in [-0.1, -0.05) is 84.6 Å². The summed E-state index contributed by atoms with van der Waals surface area (Å²) in [5, 5.41) is 0. The molecule has 2 aromatic heterocycles. The Morgan fingerprint density at radius 2 is 1.47 bits per heavy atom. The minimum atomic E-state index is 0.00971. The molecule has 0 amide bonds. The normalized spacial score (nSPS) is 11.1. The van der Waals surface area contributed by atoms with Crippen molar-refractivity contribution in [2.75, 3.05) is 5.75 Å². The molecule has 0 radical (unpaired) electrons. The maximum Gasteiger partial charge on any atom is 0.203 e. The molecule has 0 unspecified atom stereocenters. The summed E-state index contributed by atoms with van der Waals surface area (Å²) in [7, 11) is 0. The summed E-state index contributed by atoms with van der Waals surface area (Å²) >= 11 is 6.19. The second-order valence-corrected chi connectivity index (χ2v) is 12.0. The van der Waals surface area contributed by atoms with Gasteiger partial charge in [-0.15, -0.1) is 34.4 Å². The van der Waals surface area contributed by atoms with E-state index in [1.807, 2.05) is 85.8 Å². The monoisotopic (exact) mass is 517 g/mol. The molecule has 34 heavy (non-hydrogen) atoms. The molecule has 0 fully saturated rings. The number of fused-ring (bicyclic) bond motifs is 1. The molecule has 7 heteroatoms. The Labute approximate surface area is 214 Å². The van der Waals surface area contributed by atoms with Gasteiger partial charge in [-0.25, -0.2) is 4.98 Å². The number of rotatable bonds is 8. The molecule has 168 valence electrons. The van der Waals surface area contributed by atoms with Gasteiger partial charge in [-0.05, 0) is 24.6 Å². The van der Waals surface area contributed by atoms with Crippen molar-refractivity contribution in [1.29, 1.82) is 0 Å². The number of ketones is 2. The second-order valence-electron chi connectivity index (χ2n) is 7.50. The molecule has 2 heterocycles. The zero-order valence-corrected chi connectivity index (χ0v) is 21.5. The lowest BCUT2D eigenvalue weighted by Crippen LogP contribution is -2.01. The van der Waals surface area contributed by atoms with E-state index in [0.29, 0.717) is 21.8 Å². The molecule has 0 N–H and O–H groups in total. The van der Waals surface area contributed by atoms with Gasteiger partial charge in [0, 0.05) is 16.0 Å². The molecule has 0 saturated heterocycles. The van der Waals surface area contributed by atoms with Crippen molar-refractivity contribution >= 4 is 68.0 Å². The van der Waals surface area contributed by atoms with Gasteiger partial charge in [0.1, 0.15) is 0 Å². The summed E-state index contributed by atoms with van der Waals surface area (Å²) in [6.07, 6.45) is 0. The maximum atomic E-state index is 13.3. The Kier molecular flexibility index (Phi) is 6.97. The van der Waals surface area contributed by atoms with Crippen molar-refractivity contribution < 1.29 is 9.59 Å². The Hall–Kier alpha value is -2.71. The van der Waals surface area contributed by atoms with E-state index in [0.717, 1.165) is 29.2 Å². The second kappa shape index (κ2) is 10.3. The number of hydrogen-bond donors (Lipinski definition) is 0. The van der Waals surface area contributed by atoms with E-state index < -0.39 is 0 Å². The largest absolute Gasteiger partial charge is 0.293 e. The highest BCUT2D eigenvalue weighted by atomic mass is 32.2. The minimum absolute atomic E-state index is 0.00971. The fourth-order valence-electron chi connectivity index (χ4n) is 3.44. The van der Waals surface area contributed by atoms with Crippen LogP contribution in [-0.2, 0) is 0 Å². The molecule has 3 aromatic carbocycles. The summed E-state index contributed by atoms with van der Waals surface area (Å²) in [5.74, 6) is 0.398. The van der Waals surface area contributed by atoms with Gasteiger partial charge in [-0.2, -0.15) is 0 Å². The standard InChI is InChI=1S/C27H19NO2S4/c1-17-24(23(30)19-12-6-3-7-13-19)33-26(31-16-21(29)18-10-4-2-5-11-18)25(17)34-27-28-20-14-8-9-15-22(20)32-27/h2-15H,16H2,1H3. The van der Waals surface area contributed by atoms with Crippen LogP contribution in [0.1, 0.15) is 31.2 Å². The van der Waals surface area contributed by atoms with Crippen LogP contribution < -0.4 is 0 Å². The number of hydrogen-bond acceptors (Lipinski definition) is 7. The van der Waals surface area contributed by atoms with E-state index in [2.05, 4.69) is 6.07 Å². The Balaban J connectivity index is 1.48. The highest BCUT2D eigenvalue weighted by molar-refractivity contribution is 8.04. The van der Waals surface area contributed by atoms with Gasteiger partial charge >= 0.3 is 0 Å². The molecule has 0 aliphatic carbocycles. The number of aromatic nitrogens is 1. The van der Waals surface area contributed by atoms with E-state index in [1.54, 1.807) is 23.1 Å². The number of thiophene rings is 1. The van der Waals surface area contributed by atoms with Crippen molar-refractivity contribution in [2.45, 2.75) is 20.4 Å². The first-order valence-corrected chi connectivity index (χ1v) is 14.0. The molecule has 5 rings (SSSR count). The fourth-order valence-corrected chi connectivity index (χ4v) is 8.37. The number of Topliss-reactive ketones (excluding diaryl/α,β-unsaturated/α-hetero) is 1. The zero-order chi connectivity index (χ0) is 23.5. The number of thioether (sulfide) groups is 1. The van der Waals surface area contributed by atoms with E-state index in [1.165, 1.54) is 23.1 Å². The summed E-state index contributed by atoms with van der Waals surface area (Å²) < 4.78 is 3.04. The molecule has 0 saturated carbocycles. The predicted molar refractivity (Wildman–Crippen MR) is 144 cm³/mol. The number of carbonyl (C=O) groups is 2. The van der Waals surface area contributed by atoms with Gasteiger partial charge in [-0.3, -0.25) is 9.59 Å². The van der Waals surface area contributed by atoms with Crippen molar-refractivity contribution in [3.05, 3.63) is 106 Å². The molecule has 3 nitrogen and oxygen atoms in total. The minimum Gasteiger partial charge on any atom is -0.293 e. The number of benzene rings is 3. The van der Waals surface area contributed by atoms with Crippen LogP contribution >= 0.6 is 46.2 Å². The Bertz CT molecular complexity index is 1440. The number of carbonyl (C=O) groups excluding carboxylic acids is 2. The SMILES string of the molecule is Cc1c(C(=O)c2ccccc2)sc(SCC(=O)c2ccccc2)c1Sc1nc2ccccc2s1. The van der Waals surface area contributed by atoms with E-state index in [4.69, 9.17) is 4.98 Å². The third kappa shape index (κ3) is 4.88. The van der Waals surface area contributed by atoms with Gasteiger partial charge in [0.2, 0.25) is 5.78 Å². The third-order valence-corrected chi connectivity index (χ3v) is 10.3. The van der Waals surface area contributed by atoms with Gasteiger partial charge < -0.3 is 0 Å². The van der Waals surface area contributed by atoms with Crippen LogP contribution in [0.5, 0.6) is 0 Å². The summed E-state index contributed by atoms with van der Waals surface area (Å²) in [4.78, 5) is 32.5. The molecule has 0 atom stereocenters. The van der Waals surface area contributed by atoms with Crippen LogP contribution in [0.4, 0.5) is 0 Å². The van der Waals surface area contributed by atoms with Crippen LogP contribution in [0.2, 0.25) is 0 Å². The van der Waals surface area contributed by atoms with Crippen LogP contribution in [0, 0.1) is 6.92 Å². The van der Waals surface area contributed by atoms with E-state index in [-0.39, 0.29) is 11.6 Å². The molecule has 5 aromatic rings. The molecule has 0 spiro atoms. The molecule has 0 bridgehead atoms. The quantitative estimate of drug-likeness (QED) is 0.154. The Morgan fingerprint density at radius 3 is 2.18 bits per heavy atom. The van der Waals surface area contributed by atoms with Crippen molar-refractivity contribution in [1.82, 2.24) is 4.98 Å². The van der Waals surface area contributed by atoms with Crippen LogP contribution in [0.3, 0.4) is 0 Å². The summed E-state index contributed by atoms with van der Waals surface area (Å²) in [6.45, 7) is 1.99. The Morgan fingerprint density at radius 1 is 0.824 bits per heavy atom. The van der Waals surface area contributed by atoms with Gasteiger partial charge in [0.15, 0.2) is 10.1 Å². The van der Waals surface area contributed by atoms with Crippen LogP contribution in [0.25, 0.3) is 10.2 Å². The molecule has 0 aliphatic rings. The van der Waals surface area contributed by atoms with Crippen molar-refractivity contribution in [3.63, 3.8) is 0 Å².